The molecule has 0 aliphatic rings. The van der Waals surface area contributed by atoms with E-state index in [0.717, 1.165) is 34.0 Å². The maximum absolute atomic E-state index is 5.62. The zero-order valence-corrected chi connectivity index (χ0v) is 16.1. The fourth-order valence-electron chi connectivity index (χ4n) is 2.82. The molecule has 0 radical (unpaired) electrons. The second-order valence-electron chi connectivity index (χ2n) is 5.88. The second-order valence-corrected chi connectivity index (χ2v) is 6.82. The van der Waals surface area contributed by atoms with Gasteiger partial charge in [-0.05, 0) is 43.3 Å². The number of aromatic nitrogens is 4. The van der Waals surface area contributed by atoms with Crippen LogP contribution in [-0.4, -0.2) is 26.4 Å². The van der Waals surface area contributed by atoms with Gasteiger partial charge in [-0.3, -0.25) is 4.57 Å². The molecule has 7 heteroatoms. The first-order valence-corrected chi connectivity index (χ1v) is 9.91. The van der Waals surface area contributed by atoms with Gasteiger partial charge in [0.15, 0.2) is 5.16 Å². The Morgan fingerprint density at radius 2 is 1.78 bits per heavy atom. The highest BCUT2D eigenvalue weighted by Gasteiger charge is 2.14. The van der Waals surface area contributed by atoms with E-state index >= 15 is 0 Å². The summed E-state index contributed by atoms with van der Waals surface area (Å²) in [4.78, 5) is 4.79. The normalized spacial score (nSPS) is 11.2. The van der Waals surface area contributed by atoms with Crippen molar-refractivity contribution in [1.29, 1.82) is 0 Å². The smallest absolute Gasteiger partial charge is 0.226 e. The van der Waals surface area contributed by atoms with Gasteiger partial charge in [0.05, 0.1) is 23.4 Å². The average Bonchev–Trinajstić information content (AvgIpc) is 3.31. The van der Waals surface area contributed by atoms with E-state index < -0.39 is 0 Å². The maximum Gasteiger partial charge on any atom is 0.226 e. The summed E-state index contributed by atoms with van der Waals surface area (Å²) in [6.07, 6.45) is 0.738. The molecule has 0 unspecified atom stereocenters. The summed E-state index contributed by atoms with van der Waals surface area (Å²) in [6.45, 7) is 4.63. The summed E-state index contributed by atoms with van der Waals surface area (Å²) < 4.78 is 13.3. The standard InChI is InChI=1S/C20H20N4O2S/c1-3-18-22-23-19(26-18)13-27-20-21-16-7-5-6-8-17(16)24(20)14-9-11-15(12-10-14)25-4-2/h5-12H,3-4,13H2,1-2H3. The number of hydrogen-bond donors (Lipinski definition) is 0. The van der Waals surface area contributed by atoms with Crippen LogP contribution in [0, 0.1) is 0 Å². The predicted octanol–water partition coefficient (Wildman–Crippen LogP) is 4.66. The van der Waals surface area contributed by atoms with Crippen LogP contribution in [0.25, 0.3) is 16.7 Å². The fourth-order valence-corrected chi connectivity index (χ4v) is 3.69. The van der Waals surface area contributed by atoms with E-state index in [-0.39, 0.29) is 0 Å². The van der Waals surface area contributed by atoms with Crippen LogP contribution in [0.15, 0.2) is 58.1 Å². The Morgan fingerprint density at radius 3 is 2.52 bits per heavy atom. The third-order valence-corrected chi connectivity index (χ3v) is 5.00. The minimum Gasteiger partial charge on any atom is -0.494 e. The van der Waals surface area contributed by atoms with Crippen molar-refractivity contribution in [2.45, 2.75) is 31.2 Å². The molecule has 0 N–H and O–H groups in total. The largest absolute Gasteiger partial charge is 0.494 e. The lowest BCUT2D eigenvalue weighted by molar-refractivity contribution is 0.340. The first-order valence-electron chi connectivity index (χ1n) is 8.93. The average molecular weight is 380 g/mol. The number of benzene rings is 2. The number of imidazole rings is 1. The number of rotatable bonds is 7. The van der Waals surface area contributed by atoms with Gasteiger partial charge in [-0.2, -0.15) is 0 Å². The van der Waals surface area contributed by atoms with E-state index in [1.54, 1.807) is 11.8 Å². The van der Waals surface area contributed by atoms with E-state index in [4.69, 9.17) is 14.1 Å². The van der Waals surface area contributed by atoms with E-state index in [1.165, 1.54) is 0 Å². The van der Waals surface area contributed by atoms with Gasteiger partial charge in [0.25, 0.3) is 0 Å². The number of para-hydroxylation sites is 2. The number of nitrogens with zero attached hydrogens (tertiary/aromatic N) is 4. The van der Waals surface area contributed by atoms with Crippen molar-refractivity contribution < 1.29 is 9.15 Å². The van der Waals surface area contributed by atoms with E-state index in [0.29, 0.717) is 24.1 Å². The van der Waals surface area contributed by atoms with Crippen LogP contribution < -0.4 is 4.74 Å². The van der Waals surface area contributed by atoms with Crippen molar-refractivity contribution in [1.82, 2.24) is 19.7 Å². The Bertz CT molecular complexity index is 1040. The Hall–Kier alpha value is -2.80. The molecule has 4 aromatic rings. The number of thioether (sulfide) groups is 1. The molecule has 0 amide bonds. The minimum atomic E-state index is 0.577. The number of ether oxygens (including phenoxy) is 1. The van der Waals surface area contributed by atoms with Crippen molar-refractivity contribution in [3.63, 3.8) is 0 Å². The van der Waals surface area contributed by atoms with Gasteiger partial charge >= 0.3 is 0 Å². The highest BCUT2D eigenvalue weighted by molar-refractivity contribution is 7.98. The van der Waals surface area contributed by atoms with Crippen LogP contribution in [0.4, 0.5) is 0 Å². The van der Waals surface area contributed by atoms with Crippen LogP contribution >= 0.6 is 11.8 Å². The van der Waals surface area contributed by atoms with Crippen LogP contribution in [0.5, 0.6) is 5.75 Å². The summed E-state index contributed by atoms with van der Waals surface area (Å²) in [5.74, 6) is 2.71. The third-order valence-electron chi connectivity index (χ3n) is 4.07. The highest BCUT2D eigenvalue weighted by atomic mass is 32.2. The molecular weight excluding hydrogens is 360 g/mol. The van der Waals surface area contributed by atoms with Crippen molar-refractivity contribution in [3.05, 3.63) is 60.3 Å². The van der Waals surface area contributed by atoms with Crippen LogP contribution in [0.2, 0.25) is 0 Å². The topological polar surface area (TPSA) is 66.0 Å². The molecule has 6 nitrogen and oxygen atoms in total. The van der Waals surface area contributed by atoms with Gasteiger partial charge in [0.1, 0.15) is 5.75 Å². The summed E-state index contributed by atoms with van der Waals surface area (Å²) in [7, 11) is 0. The quantitative estimate of drug-likeness (QED) is 0.434. The van der Waals surface area contributed by atoms with Gasteiger partial charge in [0.2, 0.25) is 11.8 Å². The predicted molar refractivity (Wildman–Crippen MR) is 105 cm³/mol. The summed E-state index contributed by atoms with van der Waals surface area (Å²) in [5.41, 5.74) is 3.05. The molecule has 2 heterocycles. The number of aryl methyl sites for hydroxylation is 1. The molecule has 0 aliphatic carbocycles. The van der Waals surface area contributed by atoms with E-state index in [1.807, 2.05) is 56.3 Å². The molecule has 27 heavy (non-hydrogen) atoms. The summed E-state index contributed by atoms with van der Waals surface area (Å²) in [6, 6.07) is 16.2. The second kappa shape index (κ2) is 7.84. The lowest BCUT2D eigenvalue weighted by Gasteiger charge is -2.10. The Kier molecular flexibility index (Phi) is 5.11. The highest BCUT2D eigenvalue weighted by Crippen LogP contribution is 2.30. The Morgan fingerprint density at radius 1 is 1.00 bits per heavy atom. The Labute approximate surface area is 161 Å². The summed E-state index contributed by atoms with van der Waals surface area (Å²) in [5, 5.41) is 9.01. The number of hydrogen-bond acceptors (Lipinski definition) is 6. The van der Waals surface area contributed by atoms with Crippen molar-refractivity contribution >= 4 is 22.8 Å². The van der Waals surface area contributed by atoms with Gasteiger partial charge < -0.3 is 9.15 Å². The first-order chi connectivity index (χ1) is 13.3. The SMILES string of the molecule is CCOc1ccc(-n2c(SCc3nnc(CC)o3)nc3ccccc32)cc1. The lowest BCUT2D eigenvalue weighted by Crippen LogP contribution is -1.98. The van der Waals surface area contributed by atoms with Crippen molar-refractivity contribution in [2.24, 2.45) is 0 Å². The molecule has 0 atom stereocenters. The molecule has 2 aromatic heterocycles. The molecular formula is C20H20N4O2S. The molecule has 0 aliphatic heterocycles. The lowest BCUT2D eigenvalue weighted by atomic mass is 10.2. The first kappa shape index (κ1) is 17.6. The number of fused-ring (bicyclic) bond motifs is 1. The molecule has 138 valence electrons. The minimum absolute atomic E-state index is 0.577. The van der Waals surface area contributed by atoms with E-state index in [2.05, 4.69) is 20.8 Å². The molecule has 0 fully saturated rings. The van der Waals surface area contributed by atoms with Crippen LogP contribution in [0.3, 0.4) is 0 Å². The van der Waals surface area contributed by atoms with E-state index in [9.17, 15) is 0 Å². The third kappa shape index (κ3) is 3.68. The molecule has 2 aromatic carbocycles. The fraction of sp³-hybridized carbons (Fsp3) is 0.250. The molecule has 0 bridgehead atoms. The van der Waals surface area contributed by atoms with Crippen LogP contribution in [-0.2, 0) is 12.2 Å². The molecule has 0 saturated carbocycles. The zero-order chi connectivity index (χ0) is 18.6. The monoisotopic (exact) mass is 380 g/mol. The summed E-state index contributed by atoms with van der Waals surface area (Å²) >= 11 is 1.58. The van der Waals surface area contributed by atoms with Gasteiger partial charge in [-0.1, -0.05) is 30.8 Å². The molecule has 0 saturated heterocycles. The molecule has 0 spiro atoms. The van der Waals surface area contributed by atoms with Crippen LogP contribution in [0.1, 0.15) is 25.6 Å². The van der Waals surface area contributed by atoms with Gasteiger partial charge in [-0.15, -0.1) is 10.2 Å². The van der Waals surface area contributed by atoms with Gasteiger partial charge in [-0.25, -0.2) is 4.98 Å². The maximum atomic E-state index is 5.62. The van der Waals surface area contributed by atoms with Crippen molar-refractivity contribution in [3.8, 4) is 11.4 Å². The Balaban J connectivity index is 1.68. The van der Waals surface area contributed by atoms with Crippen molar-refractivity contribution in [2.75, 3.05) is 6.61 Å². The van der Waals surface area contributed by atoms with Gasteiger partial charge in [0, 0.05) is 12.1 Å². The zero-order valence-electron chi connectivity index (χ0n) is 15.3. The molecule has 4 rings (SSSR count).